The molecule has 2 aromatic carbocycles. The molecule has 1 unspecified atom stereocenters. The minimum Gasteiger partial charge on any atom is -0.375 e. The van der Waals surface area contributed by atoms with Crippen molar-refractivity contribution in [2.75, 3.05) is 18.1 Å². The monoisotopic (exact) mass is 328 g/mol. The molecule has 0 radical (unpaired) electrons. The summed E-state index contributed by atoms with van der Waals surface area (Å²) >= 11 is 1.67. The van der Waals surface area contributed by atoms with Crippen LogP contribution in [-0.2, 0) is 4.79 Å². The maximum Gasteiger partial charge on any atom is 0.239 e. The quantitative estimate of drug-likeness (QED) is 0.776. The second-order valence-electron chi connectivity index (χ2n) is 5.69. The average molecular weight is 328 g/mol. The molecule has 1 amide bonds. The van der Waals surface area contributed by atoms with E-state index >= 15 is 0 Å². The van der Waals surface area contributed by atoms with Crippen molar-refractivity contribution < 1.29 is 4.79 Å². The van der Waals surface area contributed by atoms with Crippen LogP contribution in [0.2, 0.25) is 0 Å². The molecule has 0 spiro atoms. The second kappa shape index (κ2) is 8.06. The number of para-hydroxylation sites is 1. The fraction of sp³-hybridized carbons (Fsp3) is 0.316. The molecule has 0 fully saturated rings. The summed E-state index contributed by atoms with van der Waals surface area (Å²) in [5.74, 6) is -0.00775. The Morgan fingerprint density at radius 2 is 1.87 bits per heavy atom. The molecule has 0 saturated carbocycles. The Kier molecular flexibility index (Phi) is 6.11. The lowest BCUT2D eigenvalue weighted by Crippen LogP contribution is -2.32. The van der Waals surface area contributed by atoms with Crippen molar-refractivity contribution in [2.24, 2.45) is 0 Å². The van der Waals surface area contributed by atoms with E-state index in [1.807, 2.05) is 37.4 Å². The van der Waals surface area contributed by atoms with Gasteiger partial charge in [0.15, 0.2) is 0 Å². The summed E-state index contributed by atoms with van der Waals surface area (Å²) in [6.45, 7) is 6.47. The maximum absolute atomic E-state index is 12.2. The van der Waals surface area contributed by atoms with Crippen LogP contribution in [0.3, 0.4) is 0 Å². The van der Waals surface area contributed by atoms with E-state index in [-0.39, 0.29) is 18.5 Å². The Morgan fingerprint density at radius 3 is 2.57 bits per heavy atom. The van der Waals surface area contributed by atoms with Gasteiger partial charge in [0.2, 0.25) is 5.91 Å². The van der Waals surface area contributed by atoms with Gasteiger partial charge in [-0.2, -0.15) is 0 Å². The number of thioether (sulfide) groups is 1. The summed E-state index contributed by atoms with van der Waals surface area (Å²) in [5.41, 5.74) is 4.64. The Bertz CT molecular complexity index is 685. The van der Waals surface area contributed by atoms with E-state index in [4.69, 9.17) is 0 Å². The lowest BCUT2D eigenvalue weighted by Gasteiger charge is -2.17. The molecule has 2 aromatic rings. The first-order valence-electron chi connectivity index (χ1n) is 7.74. The van der Waals surface area contributed by atoms with Crippen LogP contribution in [0, 0.1) is 13.8 Å². The van der Waals surface area contributed by atoms with E-state index in [9.17, 15) is 4.79 Å². The third kappa shape index (κ3) is 4.76. The number of benzene rings is 2. The van der Waals surface area contributed by atoms with Crippen LogP contribution < -0.4 is 10.6 Å². The predicted molar refractivity (Wildman–Crippen MR) is 99.2 cm³/mol. The van der Waals surface area contributed by atoms with Crippen molar-refractivity contribution in [3.05, 3.63) is 59.2 Å². The normalized spacial score (nSPS) is 11.8. The largest absolute Gasteiger partial charge is 0.375 e. The van der Waals surface area contributed by atoms with Crippen molar-refractivity contribution >= 4 is 23.4 Å². The number of hydrogen-bond donors (Lipinski definition) is 2. The third-order valence-corrected chi connectivity index (χ3v) is 4.75. The highest BCUT2D eigenvalue weighted by Crippen LogP contribution is 2.24. The van der Waals surface area contributed by atoms with Gasteiger partial charge in [-0.25, -0.2) is 0 Å². The molecule has 3 nitrogen and oxygen atoms in total. The highest BCUT2D eigenvalue weighted by Gasteiger charge is 2.10. The van der Waals surface area contributed by atoms with Crippen molar-refractivity contribution in [1.82, 2.24) is 5.32 Å². The number of nitrogens with one attached hydrogen (secondary N) is 2. The van der Waals surface area contributed by atoms with Crippen LogP contribution >= 0.6 is 11.8 Å². The van der Waals surface area contributed by atoms with Gasteiger partial charge in [-0.15, -0.1) is 11.8 Å². The molecule has 2 rings (SSSR count). The van der Waals surface area contributed by atoms with Crippen LogP contribution in [0.1, 0.15) is 29.7 Å². The summed E-state index contributed by atoms with van der Waals surface area (Å²) in [7, 11) is 0. The molecule has 0 aliphatic carbocycles. The number of aryl methyl sites for hydroxylation is 2. The fourth-order valence-electron chi connectivity index (χ4n) is 2.38. The fourth-order valence-corrected chi connectivity index (χ4v) is 2.95. The molecular formula is C19H24N2OS. The molecular weight excluding hydrogens is 304 g/mol. The van der Waals surface area contributed by atoms with Crippen molar-refractivity contribution in [3.63, 3.8) is 0 Å². The molecule has 2 N–H and O–H groups in total. The maximum atomic E-state index is 12.2. The van der Waals surface area contributed by atoms with E-state index in [1.54, 1.807) is 11.8 Å². The van der Waals surface area contributed by atoms with E-state index in [2.05, 4.69) is 42.7 Å². The molecule has 0 aromatic heterocycles. The van der Waals surface area contributed by atoms with Crippen LogP contribution in [0.4, 0.5) is 5.69 Å². The van der Waals surface area contributed by atoms with Crippen molar-refractivity contribution in [1.29, 1.82) is 0 Å². The minimum absolute atomic E-state index is 0.000561. The van der Waals surface area contributed by atoms with Crippen LogP contribution in [0.25, 0.3) is 0 Å². The van der Waals surface area contributed by atoms with E-state index in [0.717, 1.165) is 16.1 Å². The van der Waals surface area contributed by atoms with Crippen molar-refractivity contribution in [2.45, 2.75) is 31.7 Å². The number of rotatable bonds is 6. The highest BCUT2D eigenvalue weighted by molar-refractivity contribution is 7.98. The van der Waals surface area contributed by atoms with Crippen molar-refractivity contribution in [3.8, 4) is 0 Å². The number of carbonyl (C=O) groups is 1. The van der Waals surface area contributed by atoms with Gasteiger partial charge >= 0.3 is 0 Å². The molecule has 0 saturated heterocycles. The zero-order valence-corrected chi connectivity index (χ0v) is 15.0. The summed E-state index contributed by atoms with van der Waals surface area (Å²) in [6.07, 6.45) is 2.03. The summed E-state index contributed by atoms with van der Waals surface area (Å²) < 4.78 is 0. The standard InChI is InChI=1S/C19H24N2OS/c1-13-9-10-16(11-14(13)2)15(3)21-19(22)12-20-17-7-5-6-8-18(17)23-4/h5-11,15,20H,12H2,1-4H3,(H,21,22). The molecule has 0 aliphatic heterocycles. The third-order valence-electron chi connectivity index (χ3n) is 3.95. The van der Waals surface area contributed by atoms with Gasteiger partial charge in [-0.3, -0.25) is 4.79 Å². The zero-order valence-electron chi connectivity index (χ0n) is 14.1. The van der Waals surface area contributed by atoms with E-state index in [1.165, 1.54) is 11.1 Å². The molecule has 4 heteroatoms. The second-order valence-corrected chi connectivity index (χ2v) is 6.53. The molecule has 23 heavy (non-hydrogen) atoms. The Hall–Kier alpha value is -1.94. The van der Waals surface area contributed by atoms with E-state index in [0.29, 0.717) is 0 Å². The highest BCUT2D eigenvalue weighted by atomic mass is 32.2. The first-order chi connectivity index (χ1) is 11.0. The van der Waals surface area contributed by atoms with Crippen LogP contribution in [0.5, 0.6) is 0 Å². The molecule has 0 aliphatic rings. The Labute approximate surface area is 142 Å². The molecule has 0 bridgehead atoms. The van der Waals surface area contributed by atoms with Crippen LogP contribution in [0.15, 0.2) is 47.4 Å². The average Bonchev–Trinajstić information content (AvgIpc) is 2.55. The van der Waals surface area contributed by atoms with Gasteiger partial charge < -0.3 is 10.6 Å². The van der Waals surface area contributed by atoms with Gasteiger partial charge in [0.1, 0.15) is 0 Å². The van der Waals surface area contributed by atoms with Gasteiger partial charge in [-0.1, -0.05) is 30.3 Å². The topological polar surface area (TPSA) is 41.1 Å². The first kappa shape index (κ1) is 17.4. The van der Waals surface area contributed by atoms with Gasteiger partial charge in [0.05, 0.1) is 12.6 Å². The lowest BCUT2D eigenvalue weighted by molar-refractivity contribution is -0.120. The summed E-state index contributed by atoms with van der Waals surface area (Å²) in [6, 6.07) is 14.3. The number of amides is 1. The van der Waals surface area contributed by atoms with Gasteiger partial charge in [-0.05, 0) is 55.9 Å². The van der Waals surface area contributed by atoms with E-state index < -0.39 is 0 Å². The SMILES string of the molecule is CSc1ccccc1NCC(=O)NC(C)c1ccc(C)c(C)c1. The molecule has 122 valence electrons. The summed E-state index contributed by atoms with van der Waals surface area (Å²) in [5, 5.41) is 6.25. The molecule has 0 heterocycles. The Balaban J connectivity index is 1.92. The number of anilines is 1. The van der Waals surface area contributed by atoms with Gasteiger partial charge in [0, 0.05) is 10.6 Å². The summed E-state index contributed by atoms with van der Waals surface area (Å²) in [4.78, 5) is 13.3. The first-order valence-corrected chi connectivity index (χ1v) is 8.97. The molecule has 1 atom stereocenters. The predicted octanol–water partition coefficient (Wildman–Crippen LogP) is 4.31. The lowest BCUT2D eigenvalue weighted by atomic mass is 10.0. The zero-order chi connectivity index (χ0) is 16.8. The van der Waals surface area contributed by atoms with Gasteiger partial charge in [0.25, 0.3) is 0 Å². The smallest absolute Gasteiger partial charge is 0.239 e. The number of carbonyl (C=O) groups excluding carboxylic acids is 1. The minimum atomic E-state index is -0.00775. The number of hydrogen-bond acceptors (Lipinski definition) is 3. The van der Waals surface area contributed by atoms with Crippen LogP contribution in [-0.4, -0.2) is 18.7 Å². The Morgan fingerprint density at radius 1 is 1.13 bits per heavy atom.